The average molecular weight is 194 g/mol. The molecule has 0 aromatic rings. The second-order valence-electron chi connectivity index (χ2n) is 2.37. The molecule has 0 bridgehead atoms. The first kappa shape index (κ1) is 9.27. The number of hydrogen-bond donors (Lipinski definition) is 0. The molecule has 1 aliphatic heterocycles. The van der Waals surface area contributed by atoms with E-state index in [0.29, 0.717) is 10.8 Å². The molecular weight excluding hydrogens is 184 g/mol. The summed E-state index contributed by atoms with van der Waals surface area (Å²) < 4.78 is 28.6. The molecule has 0 saturated carbocycles. The van der Waals surface area contributed by atoms with Crippen LogP contribution in [0.5, 0.6) is 0 Å². The minimum atomic E-state index is -3.59. The lowest BCUT2D eigenvalue weighted by Crippen LogP contribution is -2.35. The van der Waals surface area contributed by atoms with Crippen LogP contribution in [0.2, 0.25) is 0 Å². The zero-order chi connectivity index (χ0) is 9.35. The van der Waals surface area contributed by atoms with Gasteiger partial charge in [-0.2, -0.15) is 17.0 Å². The Hall–Kier alpha value is -0.820. The van der Waals surface area contributed by atoms with E-state index >= 15 is 0 Å². The van der Waals surface area contributed by atoms with E-state index < -0.39 is 16.3 Å². The highest BCUT2D eigenvalue weighted by Gasteiger charge is 2.37. The van der Waals surface area contributed by atoms with E-state index in [1.807, 2.05) is 0 Å². The SMILES string of the molecule is COC(=O)N1CCN(C)S1(=O)=O. The molecule has 0 aromatic heterocycles. The quantitative estimate of drug-likeness (QED) is 0.508. The molecule has 7 heteroatoms. The number of rotatable bonds is 0. The summed E-state index contributed by atoms with van der Waals surface area (Å²) in [5, 5.41) is 0. The van der Waals surface area contributed by atoms with Crippen LogP contribution in [0, 0.1) is 0 Å². The van der Waals surface area contributed by atoms with Crippen molar-refractivity contribution in [3.63, 3.8) is 0 Å². The summed E-state index contributed by atoms with van der Waals surface area (Å²) in [5.74, 6) is 0. The van der Waals surface area contributed by atoms with Crippen LogP contribution < -0.4 is 0 Å². The molecular formula is C5H10N2O4S. The third-order valence-electron chi connectivity index (χ3n) is 1.67. The van der Waals surface area contributed by atoms with E-state index in [0.717, 1.165) is 11.4 Å². The first-order chi connectivity index (χ1) is 5.50. The van der Waals surface area contributed by atoms with Crippen molar-refractivity contribution >= 4 is 16.3 Å². The molecule has 1 amide bonds. The third-order valence-corrected chi connectivity index (χ3v) is 3.53. The molecule has 1 heterocycles. The summed E-state index contributed by atoms with van der Waals surface area (Å²) in [6.07, 6.45) is -0.834. The molecule has 1 saturated heterocycles. The average Bonchev–Trinajstić information content (AvgIpc) is 2.27. The van der Waals surface area contributed by atoms with Crippen LogP contribution in [0.3, 0.4) is 0 Å². The fourth-order valence-corrected chi connectivity index (χ4v) is 2.14. The number of carbonyl (C=O) groups excluding carboxylic acids is 1. The fraction of sp³-hybridized carbons (Fsp3) is 0.800. The highest BCUT2D eigenvalue weighted by Crippen LogP contribution is 2.14. The van der Waals surface area contributed by atoms with E-state index in [-0.39, 0.29) is 6.54 Å². The van der Waals surface area contributed by atoms with Crippen LogP contribution >= 0.6 is 0 Å². The van der Waals surface area contributed by atoms with Crippen molar-refractivity contribution in [2.75, 3.05) is 27.2 Å². The number of amides is 1. The predicted molar refractivity (Wildman–Crippen MR) is 40.7 cm³/mol. The zero-order valence-corrected chi connectivity index (χ0v) is 7.67. The van der Waals surface area contributed by atoms with Crippen molar-refractivity contribution in [2.45, 2.75) is 0 Å². The van der Waals surface area contributed by atoms with Crippen molar-refractivity contribution in [1.29, 1.82) is 0 Å². The molecule has 0 radical (unpaired) electrons. The van der Waals surface area contributed by atoms with E-state index in [4.69, 9.17) is 0 Å². The van der Waals surface area contributed by atoms with E-state index in [9.17, 15) is 13.2 Å². The Kier molecular flexibility index (Phi) is 2.25. The van der Waals surface area contributed by atoms with E-state index in [2.05, 4.69) is 4.74 Å². The number of carbonyl (C=O) groups is 1. The van der Waals surface area contributed by atoms with Gasteiger partial charge >= 0.3 is 16.3 Å². The zero-order valence-electron chi connectivity index (χ0n) is 6.85. The maximum absolute atomic E-state index is 11.2. The van der Waals surface area contributed by atoms with Crippen molar-refractivity contribution in [3.8, 4) is 0 Å². The van der Waals surface area contributed by atoms with Gasteiger partial charge in [0.15, 0.2) is 0 Å². The van der Waals surface area contributed by atoms with Crippen LogP contribution in [0.4, 0.5) is 4.79 Å². The lowest BCUT2D eigenvalue weighted by atomic mass is 10.6. The van der Waals surface area contributed by atoms with Gasteiger partial charge in [-0.1, -0.05) is 0 Å². The van der Waals surface area contributed by atoms with Gasteiger partial charge in [-0.25, -0.2) is 4.79 Å². The summed E-state index contributed by atoms with van der Waals surface area (Å²) in [6.45, 7) is 0.475. The fourth-order valence-electron chi connectivity index (χ4n) is 0.918. The van der Waals surface area contributed by atoms with Crippen LogP contribution in [0.1, 0.15) is 0 Å². The Bertz CT molecular complexity index is 286. The number of likely N-dealkylation sites (N-methyl/N-ethyl adjacent to an activating group) is 1. The standard InChI is InChI=1S/C5H10N2O4S/c1-6-3-4-7(5(8)11-2)12(6,9)10/h3-4H2,1-2H3. The molecule has 1 fully saturated rings. The molecule has 0 aliphatic carbocycles. The Morgan fingerprint density at radius 2 is 2.00 bits per heavy atom. The van der Waals surface area contributed by atoms with Crippen molar-refractivity contribution in [2.24, 2.45) is 0 Å². The van der Waals surface area contributed by atoms with Gasteiger partial charge in [0.2, 0.25) is 0 Å². The molecule has 1 rings (SSSR count). The van der Waals surface area contributed by atoms with Gasteiger partial charge in [0.05, 0.1) is 13.7 Å². The molecule has 0 unspecified atom stereocenters. The maximum Gasteiger partial charge on any atom is 0.424 e. The highest BCUT2D eigenvalue weighted by atomic mass is 32.2. The largest absolute Gasteiger partial charge is 0.452 e. The molecule has 0 N–H and O–H groups in total. The van der Waals surface area contributed by atoms with Crippen molar-refractivity contribution in [3.05, 3.63) is 0 Å². The highest BCUT2D eigenvalue weighted by molar-refractivity contribution is 7.87. The Balaban J connectivity index is 2.90. The lowest BCUT2D eigenvalue weighted by molar-refractivity contribution is 0.152. The Labute approximate surface area is 70.9 Å². The van der Waals surface area contributed by atoms with Crippen LogP contribution in [-0.4, -0.2) is 50.4 Å². The minimum absolute atomic E-state index is 0.158. The van der Waals surface area contributed by atoms with Gasteiger partial charge in [0.1, 0.15) is 0 Å². The summed E-state index contributed by atoms with van der Waals surface area (Å²) in [6, 6.07) is 0. The number of ether oxygens (including phenoxy) is 1. The summed E-state index contributed by atoms with van der Waals surface area (Å²) in [7, 11) is -1.02. The van der Waals surface area contributed by atoms with E-state index in [1.54, 1.807) is 0 Å². The number of hydrogen-bond acceptors (Lipinski definition) is 4. The molecule has 6 nitrogen and oxygen atoms in total. The summed E-state index contributed by atoms with van der Waals surface area (Å²) >= 11 is 0. The van der Waals surface area contributed by atoms with Crippen LogP contribution in [0.25, 0.3) is 0 Å². The van der Waals surface area contributed by atoms with Gasteiger partial charge in [0, 0.05) is 13.6 Å². The lowest BCUT2D eigenvalue weighted by Gasteiger charge is -2.13. The van der Waals surface area contributed by atoms with Gasteiger partial charge < -0.3 is 4.74 Å². The molecule has 70 valence electrons. The first-order valence-electron chi connectivity index (χ1n) is 3.32. The maximum atomic E-state index is 11.2. The normalized spacial score (nSPS) is 22.7. The second kappa shape index (κ2) is 2.91. The number of nitrogens with zero attached hydrogens (tertiary/aromatic N) is 2. The molecule has 12 heavy (non-hydrogen) atoms. The number of methoxy groups -OCH3 is 1. The molecule has 0 spiro atoms. The van der Waals surface area contributed by atoms with Gasteiger partial charge in [0.25, 0.3) is 0 Å². The van der Waals surface area contributed by atoms with Gasteiger partial charge in [-0.15, -0.1) is 0 Å². The molecule has 1 aliphatic rings. The van der Waals surface area contributed by atoms with Crippen molar-refractivity contribution < 1.29 is 17.9 Å². The topological polar surface area (TPSA) is 66.9 Å². The smallest absolute Gasteiger partial charge is 0.424 e. The predicted octanol–water partition coefficient (Wildman–Crippen LogP) is -0.755. The monoisotopic (exact) mass is 194 g/mol. The van der Waals surface area contributed by atoms with Crippen LogP contribution in [-0.2, 0) is 14.9 Å². The third kappa shape index (κ3) is 1.25. The van der Waals surface area contributed by atoms with Gasteiger partial charge in [-0.3, -0.25) is 0 Å². The van der Waals surface area contributed by atoms with Crippen LogP contribution in [0.15, 0.2) is 0 Å². The Morgan fingerprint density at radius 1 is 1.42 bits per heavy atom. The Morgan fingerprint density at radius 3 is 2.33 bits per heavy atom. The first-order valence-corrected chi connectivity index (χ1v) is 4.72. The second-order valence-corrected chi connectivity index (χ2v) is 4.33. The summed E-state index contributed by atoms with van der Waals surface area (Å²) in [5.41, 5.74) is 0. The van der Waals surface area contributed by atoms with E-state index in [1.165, 1.54) is 7.05 Å². The summed E-state index contributed by atoms with van der Waals surface area (Å²) in [4.78, 5) is 10.9. The molecule has 0 atom stereocenters. The van der Waals surface area contributed by atoms with Crippen molar-refractivity contribution in [1.82, 2.24) is 8.61 Å². The molecule has 0 aromatic carbocycles. The minimum Gasteiger partial charge on any atom is -0.452 e. The van der Waals surface area contributed by atoms with Gasteiger partial charge in [-0.05, 0) is 0 Å².